The van der Waals surface area contributed by atoms with E-state index in [4.69, 9.17) is 4.74 Å². The van der Waals surface area contributed by atoms with Crippen molar-refractivity contribution in [3.8, 4) is 17.0 Å². The minimum Gasteiger partial charge on any atom is -0.487 e. The van der Waals surface area contributed by atoms with Crippen molar-refractivity contribution in [3.63, 3.8) is 0 Å². The van der Waals surface area contributed by atoms with Crippen LogP contribution in [-0.2, 0) is 0 Å². The molecular weight excluding hydrogens is 352 g/mol. The van der Waals surface area contributed by atoms with Crippen LogP contribution in [0.25, 0.3) is 11.3 Å². The zero-order chi connectivity index (χ0) is 18.4. The number of anilines is 1. The molecule has 0 aliphatic carbocycles. The van der Waals surface area contributed by atoms with Gasteiger partial charge < -0.3 is 4.74 Å². The lowest BCUT2D eigenvalue weighted by Gasteiger charge is -2.04. The molecule has 132 valence electrons. The van der Waals surface area contributed by atoms with Gasteiger partial charge in [-0.1, -0.05) is 30.3 Å². The van der Waals surface area contributed by atoms with Crippen LogP contribution in [0.4, 0.5) is 10.8 Å². The van der Waals surface area contributed by atoms with Crippen LogP contribution in [0.5, 0.6) is 5.75 Å². The molecule has 26 heavy (non-hydrogen) atoms. The Morgan fingerprint density at radius 3 is 2.85 bits per heavy atom. The molecule has 0 amide bonds. The maximum Gasteiger partial charge on any atom is 0.311 e. The number of benzene rings is 2. The minimum absolute atomic E-state index is 0.0867. The lowest BCUT2D eigenvalue weighted by molar-refractivity contribution is -0.385. The molecule has 0 bridgehead atoms. The van der Waals surface area contributed by atoms with Crippen molar-refractivity contribution in [1.82, 2.24) is 4.98 Å². The average Bonchev–Trinajstić information content (AvgIpc) is 3.12. The van der Waals surface area contributed by atoms with Gasteiger partial charge in [-0.15, -0.1) is 11.3 Å². The van der Waals surface area contributed by atoms with Crippen molar-refractivity contribution in [3.05, 3.63) is 69.6 Å². The summed E-state index contributed by atoms with van der Waals surface area (Å²) in [5.41, 5.74) is 5.25. The van der Waals surface area contributed by atoms with E-state index in [-0.39, 0.29) is 11.4 Å². The van der Waals surface area contributed by atoms with E-state index in [0.717, 1.165) is 11.3 Å². The van der Waals surface area contributed by atoms with E-state index >= 15 is 0 Å². The summed E-state index contributed by atoms with van der Waals surface area (Å²) >= 11 is 1.43. The number of aromatic nitrogens is 1. The monoisotopic (exact) mass is 368 g/mol. The van der Waals surface area contributed by atoms with E-state index in [1.54, 1.807) is 19.1 Å². The van der Waals surface area contributed by atoms with Crippen LogP contribution in [-0.4, -0.2) is 22.7 Å². The third-order valence-electron chi connectivity index (χ3n) is 3.43. The van der Waals surface area contributed by atoms with Crippen molar-refractivity contribution >= 4 is 28.4 Å². The summed E-state index contributed by atoms with van der Waals surface area (Å²) in [7, 11) is 0. The molecule has 1 N–H and O–H groups in total. The summed E-state index contributed by atoms with van der Waals surface area (Å²) in [5, 5.41) is 17.8. The smallest absolute Gasteiger partial charge is 0.311 e. The van der Waals surface area contributed by atoms with Gasteiger partial charge in [0.2, 0.25) is 5.13 Å². The first-order valence-corrected chi connectivity index (χ1v) is 8.76. The molecule has 0 spiro atoms. The van der Waals surface area contributed by atoms with Gasteiger partial charge >= 0.3 is 5.69 Å². The number of rotatable bonds is 7. The number of nitro groups is 1. The van der Waals surface area contributed by atoms with Gasteiger partial charge in [0.25, 0.3) is 0 Å². The highest BCUT2D eigenvalue weighted by Crippen LogP contribution is 2.28. The maximum atomic E-state index is 11.1. The Hall–Kier alpha value is -3.26. The molecule has 8 heteroatoms. The molecule has 2 aromatic carbocycles. The first-order valence-electron chi connectivity index (χ1n) is 7.88. The molecule has 0 aliphatic rings. The van der Waals surface area contributed by atoms with Crippen LogP contribution >= 0.6 is 11.3 Å². The standard InChI is InChI=1S/C18H16N4O3S/c1-2-25-17-9-8-13(10-16(17)22(23)24)11-19-21-18-20-15(12-26-18)14-6-4-3-5-7-14/h3-12H,2H2,1H3,(H,20,21)/b19-11-. The van der Waals surface area contributed by atoms with Gasteiger partial charge in [-0.05, 0) is 19.1 Å². The van der Waals surface area contributed by atoms with Crippen LogP contribution in [0.2, 0.25) is 0 Å². The number of nitrogens with zero attached hydrogens (tertiary/aromatic N) is 3. The highest BCUT2D eigenvalue weighted by Gasteiger charge is 2.15. The van der Waals surface area contributed by atoms with E-state index in [1.807, 2.05) is 35.7 Å². The van der Waals surface area contributed by atoms with Crippen molar-refractivity contribution in [1.29, 1.82) is 0 Å². The Labute approximate surface area is 154 Å². The fourth-order valence-corrected chi connectivity index (χ4v) is 2.93. The minimum atomic E-state index is -0.470. The number of thiazole rings is 1. The zero-order valence-electron chi connectivity index (χ0n) is 14.0. The highest BCUT2D eigenvalue weighted by atomic mass is 32.1. The lowest BCUT2D eigenvalue weighted by Crippen LogP contribution is -1.99. The zero-order valence-corrected chi connectivity index (χ0v) is 14.8. The predicted molar refractivity (Wildman–Crippen MR) is 103 cm³/mol. The second-order valence-electron chi connectivity index (χ2n) is 5.19. The largest absolute Gasteiger partial charge is 0.487 e. The molecule has 0 saturated carbocycles. The number of nitro benzene ring substituents is 1. The summed E-state index contributed by atoms with van der Waals surface area (Å²) in [4.78, 5) is 15.1. The summed E-state index contributed by atoms with van der Waals surface area (Å²) < 4.78 is 5.26. The van der Waals surface area contributed by atoms with Gasteiger partial charge in [-0.2, -0.15) is 5.10 Å². The maximum absolute atomic E-state index is 11.1. The van der Waals surface area contributed by atoms with Crippen molar-refractivity contribution in [2.75, 3.05) is 12.0 Å². The van der Waals surface area contributed by atoms with Gasteiger partial charge in [0, 0.05) is 22.6 Å². The number of hydrazone groups is 1. The van der Waals surface area contributed by atoms with E-state index in [2.05, 4.69) is 15.5 Å². The number of hydrogen-bond donors (Lipinski definition) is 1. The van der Waals surface area contributed by atoms with E-state index in [1.165, 1.54) is 23.6 Å². The van der Waals surface area contributed by atoms with Crippen LogP contribution in [0.1, 0.15) is 12.5 Å². The summed E-state index contributed by atoms with van der Waals surface area (Å²) in [6.07, 6.45) is 1.51. The average molecular weight is 368 g/mol. The Bertz CT molecular complexity index is 925. The third kappa shape index (κ3) is 4.22. The lowest BCUT2D eigenvalue weighted by atomic mass is 10.2. The normalized spacial score (nSPS) is 10.8. The first-order chi connectivity index (χ1) is 12.7. The first kappa shape index (κ1) is 17.6. The Morgan fingerprint density at radius 2 is 2.12 bits per heavy atom. The fraction of sp³-hybridized carbons (Fsp3) is 0.111. The molecule has 3 rings (SSSR count). The molecule has 1 aromatic heterocycles. The SMILES string of the molecule is CCOc1ccc(/C=N\Nc2nc(-c3ccccc3)cs2)cc1[N+](=O)[O-]. The van der Waals surface area contributed by atoms with Crippen LogP contribution < -0.4 is 10.2 Å². The van der Waals surface area contributed by atoms with Crippen LogP contribution in [0, 0.1) is 10.1 Å². The molecule has 1 heterocycles. The van der Waals surface area contributed by atoms with Gasteiger partial charge in [0.05, 0.1) is 23.4 Å². The third-order valence-corrected chi connectivity index (χ3v) is 4.17. The Balaban J connectivity index is 1.70. The Kier molecular flexibility index (Phi) is 5.55. The van der Waals surface area contributed by atoms with Crippen molar-refractivity contribution < 1.29 is 9.66 Å². The van der Waals surface area contributed by atoms with Gasteiger partial charge in [-0.25, -0.2) is 4.98 Å². The molecular formula is C18H16N4O3S. The number of ether oxygens (including phenoxy) is 1. The van der Waals surface area contributed by atoms with Crippen molar-refractivity contribution in [2.45, 2.75) is 6.92 Å². The fourth-order valence-electron chi connectivity index (χ4n) is 2.26. The quantitative estimate of drug-likeness (QED) is 0.375. The Morgan fingerprint density at radius 1 is 1.31 bits per heavy atom. The number of hydrogen-bond acceptors (Lipinski definition) is 7. The molecule has 7 nitrogen and oxygen atoms in total. The van der Waals surface area contributed by atoms with Gasteiger partial charge in [0.1, 0.15) is 0 Å². The van der Waals surface area contributed by atoms with E-state index in [0.29, 0.717) is 17.3 Å². The van der Waals surface area contributed by atoms with E-state index in [9.17, 15) is 10.1 Å². The van der Waals surface area contributed by atoms with Crippen molar-refractivity contribution in [2.24, 2.45) is 5.10 Å². The molecule has 0 saturated heterocycles. The molecule has 0 atom stereocenters. The summed E-state index contributed by atoms with van der Waals surface area (Å²) in [6.45, 7) is 2.14. The summed E-state index contributed by atoms with van der Waals surface area (Å²) in [5.74, 6) is 0.245. The molecule has 0 radical (unpaired) electrons. The highest BCUT2D eigenvalue weighted by molar-refractivity contribution is 7.14. The number of nitrogens with one attached hydrogen (secondary N) is 1. The second kappa shape index (κ2) is 8.21. The van der Waals surface area contributed by atoms with Gasteiger partial charge in [-0.3, -0.25) is 15.5 Å². The molecule has 0 aliphatic heterocycles. The molecule has 0 fully saturated rings. The topological polar surface area (TPSA) is 89.7 Å². The van der Waals surface area contributed by atoms with E-state index < -0.39 is 4.92 Å². The second-order valence-corrected chi connectivity index (χ2v) is 6.05. The van der Waals surface area contributed by atoms with Crippen LogP contribution in [0.3, 0.4) is 0 Å². The molecule has 3 aromatic rings. The molecule has 0 unspecified atom stereocenters. The predicted octanol–water partition coefficient (Wildman–Crippen LogP) is 4.56. The van der Waals surface area contributed by atoms with Crippen LogP contribution in [0.15, 0.2) is 59.0 Å². The van der Waals surface area contributed by atoms with Gasteiger partial charge in [0.15, 0.2) is 5.75 Å². The summed E-state index contributed by atoms with van der Waals surface area (Å²) in [6, 6.07) is 14.5.